The number of carbonyl (C=O) groups is 2. The molecule has 0 spiro atoms. The summed E-state index contributed by atoms with van der Waals surface area (Å²) in [4.78, 5) is 23.4. The van der Waals surface area contributed by atoms with Crippen molar-refractivity contribution in [1.82, 2.24) is 0 Å². The van der Waals surface area contributed by atoms with Crippen LogP contribution in [0, 0.1) is 6.92 Å². The lowest BCUT2D eigenvalue weighted by Gasteiger charge is -2.12. The minimum atomic E-state index is -0.202. The summed E-state index contributed by atoms with van der Waals surface area (Å²) in [5.41, 5.74) is 3.20. The molecule has 0 aliphatic heterocycles. The molecule has 23 heavy (non-hydrogen) atoms. The second-order valence-electron chi connectivity index (χ2n) is 5.31. The quantitative estimate of drug-likeness (QED) is 0.891. The fourth-order valence-corrected chi connectivity index (χ4v) is 2.29. The summed E-state index contributed by atoms with van der Waals surface area (Å²) in [7, 11) is 1.52. The lowest BCUT2D eigenvalue weighted by molar-refractivity contribution is -0.115. The first kappa shape index (κ1) is 16.5. The Labute approximate surface area is 135 Å². The van der Waals surface area contributed by atoms with E-state index in [0.717, 1.165) is 11.1 Å². The molecule has 5 nitrogen and oxygen atoms in total. The predicted octanol–water partition coefficient (Wildman–Crippen LogP) is 3.14. The molecule has 2 aromatic carbocycles. The number of nitrogens with one attached hydrogen (secondary N) is 2. The second kappa shape index (κ2) is 7.45. The Balaban J connectivity index is 2.09. The number of rotatable bonds is 5. The number of hydrogen-bond acceptors (Lipinski definition) is 3. The normalized spacial score (nSPS) is 10.0. The van der Waals surface area contributed by atoms with Crippen molar-refractivity contribution < 1.29 is 14.3 Å². The van der Waals surface area contributed by atoms with Crippen LogP contribution in [0.15, 0.2) is 42.5 Å². The minimum absolute atomic E-state index is 0.116. The highest BCUT2D eigenvalue weighted by atomic mass is 16.5. The van der Waals surface area contributed by atoms with Gasteiger partial charge in [0.05, 0.1) is 19.2 Å². The highest BCUT2D eigenvalue weighted by Crippen LogP contribution is 2.27. The summed E-state index contributed by atoms with van der Waals surface area (Å²) in [6.07, 6.45) is 0.295. The third-order valence-electron chi connectivity index (χ3n) is 3.24. The molecule has 0 bridgehead atoms. The summed E-state index contributed by atoms with van der Waals surface area (Å²) in [5, 5.41) is 5.51. The van der Waals surface area contributed by atoms with Gasteiger partial charge in [0.2, 0.25) is 11.8 Å². The van der Waals surface area contributed by atoms with Crippen LogP contribution < -0.4 is 15.4 Å². The highest BCUT2D eigenvalue weighted by molar-refractivity contribution is 5.95. The number of methoxy groups -OCH3 is 1. The molecule has 5 heteroatoms. The minimum Gasteiger partial charge on any atom is -0.495 e. The topological polar surface area (TPSA) is 67.4 Å². The summed E-state index contributed by atoms with van der Waals surface area (Å²) < 4.78 is 5.19. The number of amides is 2. The molecule has 0 fully saturated rings. The highest BCUT2D eigenvalue weighted by Gasteiger charge is 2.09. The maximum atomic E-state index is 12.2. The molecule has 2 aromatic rings. The zero-order chi connectivity index (χ0) is 16.8. The molecule has 2 amide bonds. The Morgan fingerprint density at radius 1 is 1.09 bits per heavy atom. The van der Waals surface area contributed by atoms with E-state index in [1.54, 1.807) is 18.2 Å². The number of anilines is 2. The first-order valence-corrected chi connectivity index (χ1v) is 7.29. The fraction of sp³-hybridized carbons (Fsp3) is 0.222. The van der Waals surface area contributed by atoms with Crippen LogP contribution in [-0.4, -0.2) is 18.9 Å². The average molecular weight is 312 g/mol. The van der Waals surface area contributed by atoms with Crippen LogP contribution in [0.1, 0.15) is 18.1 Å². The van der Waals surface area contributed by atoms with Gasteiger partial charge in [-0.15, -0.1) is 0 Å². The van der Waals surface area contributed by atoms with Crippen molar-refractivity contribution in [3.8, 4) is 5.75 Å². The smallest absolute Gasteiger partial charge is 0.228 e. The van der Waals surface area contributed by atoms with Gasteiger partial charge in [-0.2, -0.15) is 0 Å². The van der Waals surface area contributed by atoms with Gasteiger partial charge in [-0.25, -0.2) is 0 Å². The third-order valence-corrected chi connectivity index (χ3v) is 3.24. The molecule has 0 radical (unpaired) electrons. The molecule has 0 saturated heterocycles. The molecular formula is C18H20N2O3. The third kappa shape index (κ3) is 4.85. The second-order valence-corrected chi connectivity index (χ2v) is 5.31. The Kier molecular flexibility index (Phi) is 5.36. The van der Waals surface area contributed by atoms with Gasteiger partial charge >= 0.3 is 0 Å². The van der Waals surface area contributed by atoms with Crippen LogP contribution in [0.4, 0.5) is 11.4 Å². The van der Waals surface area contributed by atoms with Gasteiger partial charge in [-0.3, -0.25) is 9.59 Å². The van der Waals surface area contributed by atoms with Crippen LogP contribution >= 0.6 is 0 Å². The lowest BCUT2D eigenvalue weighted by Crippen LogP contribution is -2.15. The van der Waals surface area contributed by atoms with Crippen molar-refractivity contribution in [2.75, 3.05) is 17.7 Å². The molecule has 0 aliphatic carbocycles. The maximum Gasteiger partial charge on any atom is 0.228 e. The predicted molar refractivity (Wildman–Crippen MR) is 90.8 cm³/mol. The van der Waals surface area contributed by atoms with E-state index in [-0.39, 0.29) is 11.8 Å². The van der Waals surface area contributed by atoms with Crippen molar-refractivity contribution in [3.63, 3.8) is 0 Å². The number of hydrogen-bond donors (Lipinski definition) is 2. The van der Waals surface area contributed by atoms with E-state index in [9.17, 15) is 9.59 Å². The SMILES string of the molecule is COc1ccc(NC(=O)Cc2cccc(C)c2)cc1NC(C)=O. The van der Waals surface area contributed by atoms with Crippen molar-refractivity contribution in [2.45, 2.75) is 20.3 Å². The molecule has 0 atom stereocenters. The monoisotopic (exact) mass is 312 g/mol. The zero-order valence-electron chi connectivity index (χ0n) is 13.5. The molecular weight excluding hydrogens is 292 g/mol. The molecule has 2 N–H and O–H groups in total. The first-order chi connectivity index (χ1) is 11.0. The van der Waals surface area contributed by atoms with E-state index in [1.807, 2.05) is 31.2 Å². The van der Waals surface area contributed by atoms with Crippen molar-refractivity contribution >= 4 is 23.2 Å². The molecule has 0 unspecified atom stereocenters. The summed E-state index contributed by atoms with van der Waals surface area (Å²) in [5.74, 6) is 0.220. The van der Waals surface area contributed by atoms with E-state index in [0.29, 0.717) is 23.5 Å². The Hall–Kier alpha value is -2.82. The summed E-state index contributed by atoms with van der Waals surface area (Å²) in [6, 6.07) is 12.9. The summed E-state index contributed by atoms with van der Waals surface area (Å²) in [6.45, 7) is 3.41. The van der Waals surface area contributed by atoms with Gasteiger partial charge in [0, 0.05) is 12.6 Å². The largest absolute Gasteiger partial charge is 0.495 e. The van der Waals surface area contributed by atoms with Gasteiger partial charge in [0.1, 0.15) is 5.75 Å². The standard InChI is InChI=1S/C18H20N2O3/c1-12-5-4-6-14(9-12)10-18(22)20-15-7-8-17(23-3)16(11-15)19-13(2)21/h4-9,11H,10H2,1-3H3,(H,19,21)(H,20,22). The Bertz CT molecular complexity index is 726. The number of carbonyl (C=O) groups excluding carboxylic acids is 2. The number of aryl methyl sites for hydroxylation is 1. The van der Waals surface area contributed by atoms with E-state index in [4.69, 9.17) is 4.74 Å². The van der Waals surface area contributed by atoms with Crippen molar-refractivity contribution in [3.05, 3.63) is 53.6 Å². The van der Waals surface area contributed by atoms with Gasteiger partial charge < -0.3 is 15.4 Å². The van der Waals surface area contributed by atoms with Gasteiger partial charge in [0.15, 0.2) is 0 Å². The molecule has 0 saturated carbocycles. The van der Waals surface area contributed by atoms with E-state index in [2.05, 4.69) is 10.6 Å². The van der Waals surface area contributed by atoms with E-state index in [1.165, 1.54) is 14.0 Å². The number of ether oxygens (including phenoxy) is 1. The average Bonchev–Trinajstić information content (AvgIpc) is 2.46. The zero-order valence-corrected chi connectivity index (χ0v) is 13.5. The van der Waals surface area contributed by atoms with E-state index >= 15 is 0 Å². The fourth-order valence-electron chi connectivity index (χ4n) is 2.29. The van der Waals surface area contributed by atoms with Gasteiger partial charge in [-0.05, 0) is 30.7 Å². The first-order valence-electron chi connectivity index (χ1n) is 7.29. The van der Waals surface area contributed by atoms with Crippen molar-refractivity contribution in [2.24, 2.45) is 0 Å². The summed E-state index contributed by atoms with van der Waals surface area (Å²) >= 11 is 0. The maximum absolute atomic E-state index is 12.2. The van der Waals surface area contributed by atoms with Crippen LogP contribution in [0.2, 0.25) is 0 Å². The number of benzene rings is 2. The van der Waals surface area contributed by atoms with E-state index < -0.39 is 0 Å². The molecule has 120 valence electrons. The van der Waals surface area contributed by atoms with Gasteiger partial charge in [0.25, 0.3) is 0 Å². The molecule has 0 aromatic heterocycles. The van der Waals surface area contributed by atoms with Crippen LogP contribution in [0.3, 0.4) is 0 Å². The van der Waals surface area contributed by atoms with Crippen LogP contribution in [-0.2, 0) is 16.0 Å². The molecule has 2 rings (SSSR count). The van der Waals surface area contributed by atoms with Crippen LogP contribution in [0.25, 0.3) is 0 Å². The Morgan fingerprint density at radius 2 is 1.87 bits per heavy atom. The Morgan fingerprint density at radius 3 is 2.52 bits per heavy atom. The molecule has 0 heterocycles. The van der Waals surface area contributed by atoms with Gasteiger partial charge in [-0.1, -0.05) is 29.8 Å². The lowest BCUT2D eigenvalue weighted by atomic mass is 10.1. The van der Waals surface area contributed by atoms with Crippen LogP contribution in [0.5, 0.6) is 5.75 Å². The van der Waals surface area contributed by atoms with Crippen molar-refractivity contribution in [1.29, 1.82) is 0 Å². The molecule has 0 aliphatic rings.